The molecule has 1 aromatic heterocycles. The van der Waals surface area contributed by atoms with Crippen molar-refractivity contribution in [2.75, 3.05) is 26.0 Å². The van der Waals surface area contributed by atoms with Crippen molar-refractivity contribution in [3.05, 3.63) is 40.3 Å². The smallest absolute Gasteiger partial charge is 0.320 e. The van der Waals surface area contributed by atoms with Crippen LogP contribution in [0.25, 0.3) is 10.8 Å². The predicted molar refractivity (Wildman–Crippen MR) is 91.1 cm³/mol. The van der Waals surface area contributed by atoms with Gasteiger partial charge in [0.15, 0.2) is 5.69 Å². The van der Waals surface area contributed by atoms with Crippen LogP contribution in [-0.4, -0.2) is 57.8 Å². The molecule has 2 heterocycles. The molecule has 126 valence electrons. The lowest BCUT2D eigenvalue weighted by molar-refractivity contribution is -0.140. The molecule has 0 radical (unpaired) electrons. The largest absolute Gasteiger partial charge is 0.468 e. The van der Waals surface area contributed by atoms with Crippen molar-refractivity contribution < 1.29 is 14.3 Å². The average Bonchev–Trinajstić information content (AvgIpc) is 2.63. The Kier molecular flexibility index (Phi) is 4.57. The molecule has 1 saturated heterocycles. The summed E-state index contributed by atoms with van der Waals surface area (Å²) in [5, 5.41) is 4.74. The van der Waals surface area contributed by atoms with Crippen LogP contribution < -0.4 is 5.56 Å². The number of ether oxygens (including phenoxy) is 1. The zero-order valence-electron chi connectivity index (χ0n) is 13.4. The number of aryl methyl sites for hydroxylation is 1. The van der Waals surface area contributed by atoms with E-state index in [-0.39, 0.29) is 29.7 Å². The number of carbonyl (C=O) groups is 2. The number of hydrogen-bond donors (Lipinski definition) is 0. The molecule has 1 aliphatic rings. The summed E-state index contributed by atoms with van der Waals surface area (Å²) in [7, 11) is 2.86. The normalized spacial score (nSPS) is 17.8. The Morgan fingerprint density at radius 1 is 1.29 bits per heavy atom. The highest BCUT2D eigenvalue weighted by Crippen LogP contribution is 2.22. The van der Waals surface area contributed by atoms with Gasteiger partial charge >= 0.3 is 5.97 Å². The zero-order chi connectivity index (χ0) is 17.3. The first-order valence-corrected chi connectivity index (χ1v) is 8.52. The van der Waals surface area contributed by atoms with Crippen molar-refractivity contribution in [2.45, 2.75) is 5.25 Å². The van der Waals surface area contributed by atoms with Gasteiger partial charge < -0.3 is 9.64 Å². The molecule has 7 nitrogen and oxygen atoms in total. The van der Waals surface area contributed by atoms with Crippen LogP contribution in [0.5, 0.6) is 0 Å². The summed E-state index contributed by atoms with van der Waals surface area (Å²) in [5.74, 6) is 0.0293. The summed E-state index contributed by atoms with van der Waals surface area (Å²) in [6.45, 7) is 0.796. The topological polar surface area (TPSA) is 81.5 Å². The van der Waals surface area contributed by atoms with E-state index in [0.29, 0.717) is 23.1 Å². The first kappa shape index (κ1) is 16.5. The fraction of sp³-hybridized carbons (Fsp3) is 0.375. The molecule has 0 bridgehead atoms. The number of fused-ring (bicyclic) bond motifs is 1. The maximum atomic E-state index is 12.9. The molecule has 1 fully saturated rings. The SMILES string of the molecule is COC(=O)[C@H]1CN(C(=O)c2nn(C)c(=O)c3ccccc23)CCS1. The fourth-order valence-corrected chi connectivity index (χ4v) is 3.84. The lowest BCUT2D eigenvalue weighted by atomic mass is 10.1. The van der Waals surface area contributed by atoms with Gasteiger partial charge in [-0.25, -0.2) is 4.68 Å². The van der Waals surface area contributed by atoms with Gasteiger partial charge in [-0.05, 0) is 6.07 Å². The van der Waals surface area contributed by atoms with Gasteiger partial charge in [0.05, 0.1) is 12.5 Å². The number of hydrogen-bond acceptors (Lipinski definition) is 6. The first-order valence-electron chi connectivity index (χ1n) is 7.47. The van der Waals surface area contributed by atoms with E-state index in [1.165, 1.54) is 30.6 Å². The molecule has 0 saturated carbocycles. The van der Waals surface area contributed by atoms with Gasteiger partial charge in [-0.2, -0.15) is 5.10 Å². The van der Waals surface area contributed by atoms with Crippen molar-refractivity contribution in [1.82, 2.24) is 14.7 Å². The predicted octanol–water partition coefficient (Wildman–Crippen LogP) is 0.664. The molecular formula is C16H17N3O4S. The second kappa shape index (κ2) is 6.64. The van der Waals surface area contributed by atoms with E-state index in [4.69, 9.17) is 4.74 Å². The van der Waals surface area contributed by atoms with E-state index in [0.717, 1.165) is 0 Å². The quantitative estimate of drug-likeness (QED) is 0.743. The van der Waals surface area contributed by atoms with Crippen LogP contribution in [-0.2, 0) is 16.6 Å². The third kappa shape index (κ3) is 2.89. The Balaban J connectivity index is 1.98. The molecule has 0 aliphatic carbocycles. The maximum absolute atomic E-state index is 12.9. The van der Waals surface area contributed by atoms with Crippen molar-refractivity contribution in [3.8, 4) is 0 Å². The van der Waals surface area contributed by atoms with Gasteiger partial charge in [-0.3, -0.25) is 14.4 Å². The van der Waals surface area contributed by atoms with E-state index in [1.807, 2.05) is 0 Å². The molecular weight excluding hydrogens is 330 g/mol. The minimum absolute atomic E-state index is 0.225. The van der Waals surface area contributed by atoms with Gasteiger partial charge in [0, 0.05) is 31.3 Å². The molecule has 2 aromatic rings. The van der Waals surface area contributed by atoms with Crippen LogP contribution in [0.2, 0.25) is 0 Å². The van der Waals surface area contributed by atoms with Crippen molar-refractivity contribution >= 4 is 34.4 Å². The Labute approximate surface area is 142 Å². The molecule has 1 amide bonds. The second-order valence-corrected chi connectivity index (χ2v) is 6.77. The Hall–Kier alpha value is -2.35. The molecule has 0 N–H and O–H groups in total. The van der Waals surface area contributed by atoms with Crippen molar-refractivity contribution in [1.29, 1.82) is 0 Å². The maximum Gasteiger partial charge on any atom is 0.320 e. The average molecular weight is 347 g/mol. The number of nitrogens with zero attached hydrogens (tertiary/aromatic N) is 3. The third-order valence-corrected chi connectivity index (χ3v) is 5.14. The number of carbonyl (C=O) groups excluding carboxylic acids is 2. The third-order valence-electron chi connectivity index (χ3n) is 3.98. The lowest BCUT2D eigenvalue weighted by Crippen LogP contribution is -2.45. The van der Waals surface area contributed by atoms with Crippen LogP contribution in [0.1, 0.15) is 10.5 Å². The highest BCUT2D eigenvalue weighted by atomic mass is 32.2. The van der Waals surface area contributed by atoms with Gasteiger partial charge in [-0.15, -0.1) is 11.8 Å². The summed E-state index contributed by atoms with van der Waals surface area (Å²) in [5.41, 5.74) is -0.0213. The molecule has 1 aliphatic heterocycles. The van der Waals surface area contributed by atoms with E-state index in [1.54, 1.807) is 29.2 Å². The molecule has 1 atom stereocenters. The molecule has 8 heteroatoms. The molecule has 3 rings (SSSR count). The number of rotatable bonds is 2. The number of esters is 1. The van der Waals surface area contributed by atoms with E-state index in [9.17, 15) is 14.4 Å². The minimum atomic E-state index is -0.397. The summed E-state index contributed by atoms with van der Waals surface area (Å²) < 4.78 is 5.94. The Morgan fingerprint density at radius 3 is 2.71 bits per heavy atom. The Morgan fingerprint density at radius 2 is 2.00 bits per heavy atom. The number of methoxy groups -OCH3 is 1. The number of benzene rings is 1. The van der Waals surface area contributed by atoms with Gasteiger partial charge in [0.1, 0.15) is 5.25 Å². The lowest BCUT2D eigenvalue weighted by Gasteiger charge is -2.30. The first-order chi connectivity index (χ1) is 11.5. The number of thioether (sulfide) groups is 1. The monoisotopic (exact) mass is 347 g/mol. The molecule has 24 heavy (non-hydrogen) atoms. The molecule has 0 unspecified atom stereocenters. The van der Waals surface area contributed by atoms with E-state index in [2.05, 4.69) is 5.10 Å². The number of amides is 1. The highest BCUT2D eigenvalue weighted by molar-refractivity contribution is 8.00. The van der Waals surface area contributed by atoms with Crippen LogP contribution in [0.3, 0.4) is 0 Å². The van der Waals surface area contributed by atoms with Gasteiger partial charge in [0.25, 0.3) is 11.5 Å². The van der Waals surface area contributed by atoms with Crippen LogP contribution in [0, 0.1) is 0 Å². The van der Waals surface area contributed by atoms with Crippen LogP contribution >= 0.6 is 11.8 Å². The number of aromatic nitrogens is 2. The Bertz CT molecular complexity index is 864. The van der Waals surface area contributed by atoms with E-state index >= 15 is 0 Å². The van der Waals surface area contributed by atoms with Crippen molar-refractivity contribution in [3.63, 3.8) is 0 Å². The fourth-order valence-electron chi connectivity index (χ4n) is 2.72. The summed E-state index contributed by atoms with van der Waals surface area (Å²) in [6.07, 6.45) is 0. The van der Waals surface area contributed by atoms with Gasteiger partial charge in [0.2, 0.25) is 0 Å². The van der Waals surface area contributed by atoms with Crippen LogP contribution in [0.15, 0.2) is 29.1 Å². The van der Waals surface area contributed by atoms with Crippen molar-refractivity contribution in [2.24, 2.45) is 7.05 Å². The second-order valence-electron chi connectivity index (χ2n) is 5.46. The summed E-state index contributed by atoms with van der Waals surface area (Å²) in [6, 6.07) is 6.92. The summed E-state index contributed by atoms with van der Waals surface area (Å²) >= 11 is 1.48. The van der Waals surface area contributed by atoms with Crippen LogP contribution in [0.4, 0.5) is 0 Å². The minimum Gasteiger partial charge on any atom is -0.468 e. The van der Waals surface area contributed by atoms with E-state index < -0.39 is 5.25 Å². The molecule has 1 aromatic carbocycles. The highest BCUT2D eigenvalue weighted by Gasteiger charge is 2.31. The molecule has 0 spiro atoms. The van der Waals surface area contributed by atoms with Gasteiger partial charge in [-0.1, -0.05) is 18.2 Å². The zero-order valence-corrected chi connectivity index (χ0v) is 14.2. The summed E-state index contributed by atoms with van der Waals surface area (Å²) in [4.78, 5) is 38.4. The standard InChI is InChI=1S/C16H17N3O4S/c1-18-14(20)11-6-4-3-5-10(11)13(17-18)15(21)19-7-8-24-12(9-19)16(22)23-2/h3-6,12H,7-9H2,1-2H3/t12-/m1/s1.